The van der Waals surface area contributed by atoms with Crippen molar-refractivity contribution in [1.82, 2.24) is 15.3 Å². The van der Waals surface area contributed by atoms with Crippen LogP contribution in [0.25, 0.3) is 11.0 Å². The molecule has 1 aliphatic rings. The van der Waals surface area contributed by atoms with E-state index >= 15 is 0 Å². The van der Waals surface area contributed by atoms with E-state index in [1.54, 1.807) is 0 Å². The van der Waals surface area contributed by atoms with Crippen molar-refractivity contribution >= 4 is 28.7 Å². The van der Waals surface area contributed by atoms with E-state index in [1.807, 2.05) is 24.3 Å². The molecule has 1 amide bonds. The van der Waals surface area contributed by atoms with Crippen molar-refractivity contribution in [1.29, 1.82) is 0 Å². The molecule has 0 bridgehead atoms. The number of aromatic amines is 1. The van der Waals surface area contributed by atoms with Crippen LogP contribution >= 0.6 is 11.8 Å². The Hall–Kier alpha value is -1.53. The van der Waals surface area contributed by atoms with Gasteiger partial charge in [0, 0.05) is 11.8 Å². The van der Waals surface area contributed by atoms with Gasteiger partial charge in [-0.1, -0.05) is 23.9 Å². The highest BCUT2D eigenvalue weighted by atomic mass is 32.2. The number of nitrogens with one attached hydrogen (secondary N) is 2. The summed E-state index contributed by atoms with van der Waals surface area (Å²) < 4.78 is 0. The molecule has 1 atom stereocenters. The van der Waals surface area contributed by atoms with E-state index < -0.39 is 0 Å². The molecule has 4 N–H and O–H groups in total. The summed E-state index contributed by atoms with van der Waals surface area (Å²) in [6.45, 7) is 0. The predicted molar refractivity (Wildman–Crippen MR) is 76.0 cm³/mol. The van der Waals surface area contributed by atoms with Crippen LogP contribution < -0.4 is 11.1 Å². The number of primary amides is 1. The summed E-state index contributed by atoms with van der Waals surface area (Å²) in [5.74, 6) is 0.307. The van der Waals surface area contributed by atoms with Crippen molar-refractivity contribution in [2.45, 2.75) is 30.1 Å². The number of nitrogens with two attached hydrogens (primary N) is 1. The lowest BCUT2D eigenvalue weighted by Gasteiger charge is -2.13. The van der Waals surface area contributed by atoms with Gasteiger partial charge in [0.1, 0.15) is 0 Å². The van der Waals surface area contributed by atoms with Gasteiger partial charge < -0.3 is 16.0 Å². The maximum Gasteiger partial charge on any atom is 0.235 e. The summed E-state index contributed by atoms with van der Waals surface area (Å²) in [6.07, 6.45) is 2.28. The zero-order chi connectivity index (χ0) is 13.2. The van der Waals surface area contributed by atoms with Gasteiger partial charge in [-0.05, 0) is 25.0 Å². The average Bonchev–Trinajstić information content (AvgIpc) is 3.11. The summed E-state index contributed by atoms with van der Waals surface area (Å²) >= 11 is 1.52. The van der Waals surface area contributed by atoms with Gasteiger partial charge in [0.2, 0.25) is 5.91 Å². The fourth-order valence-corrected chi connectivity index (χ4v) is 2.84. The van der Waals surface area contributed by atoms with Gasteiger partial charge in [-0.2, -0.15) is 0 Å². The monoisotopic (exact) mass is 276 g/mol. The highest BCUT2D eigenvalue weighted by Crippen LogP contribution is 2.23. The fourth-order valence-electron chi connectivity index (χ4n) is 1.91. The zero-order valence-electron chi connectivity index (χ0n) is 10.4. The molecule has 100 valence electrons. The number of para-hydroxylation sites is 2. The second-order valence-electron chi connectivity index (χ2n) is 4.77. The van der Waals surface area contributed by atoms with Crippen molar-refractivity contribution in [2.24, 2.45) is 5.73 Å². The van der Waals surface area contributed by atoms with Crippen LogP contribution in [0.4, 0.5) is 0 Å². The lowest BCUT2D eigenvalue weighted by atomic mass is 10.3. The molecule has 1 aliphatic carbocycles. The molecule has 1 unspecified atom stereocenters. The molecule has 0 saturated heterocycles. The van der Waals surface area contributed by atoms with Gasteiger partial charge >= 0.3 is 0 Å². The van der Waals surface area contributed by atoms with E-state index in [0.29, 0.717) is 11.8 Å². The van der Waals surface area contributed by atoms with Crippen molar-refractivity contribution in [3.05, 3.63) is 24.3 Å². The minimum absolute atomic E-state index is 0.286. The van der Waals surface area contributed by atoms with Gasteiger partial charge in [-0.3, -0.25) is 4.79 Å². The first kappa shape index (κ1) is 12.5. The minimum Gasteiger partial charge on any atom is -0.368 e. The third-order valence-corrected chi connectivity index (χ3v) is 4.08. The maximum atomic E-state index is 11.4. The minimum atomic E-state index is -0.296. The van der Waals surface area contributed by atoms with Gasteiger partial charge in [0.25, 0.3) is 0 Å². The number of hydrogen-bond acceptors (Lipinski definition) is 4. The highest BCUT2D eigenvalue weighted by molar-refractivity contribution is 7.99. The van der Waals surface area contributed by atoms with Crippen LogP contribution in [0.5, 0.6) is 0 Å². The Morgan fingerprint density at radius 2 is 2.32 bits per heavy atom. The van der Waals surface area contributed by atoms with Gasteiger partial charge in [0.15, 0.2) is 5.16 Å². The largest absolute Gasteiger partial charge is 0.368 e. The van der Waals surface area contributed by atoms with Gasteiger partial charge in [-0.25, -0.2) is 4.98 Å². The first-order valence-corrected chi connectivity index (χ1v) is 7.34. The van der Waals surface area contributed by atoms with Gasteiger partial charge in [0.05, 0.1) is 17.1 Å². The Kier molecular flexibility index (Phi) is 3.44. The number of benzene rings is 1. The van der Waals surface area contributed by atoms with Crippen molar-refractivity contribution in [3.8, 4) is 0 Å². The first-order valence-electron chi connectivity index (χ1n) is 6.35. The standard InChI is InChI=1S/C13H16N4OS/c14-12(18)11(15-8-5-6-8)7-19-13-16-9-3-1-2-4-10(9)17-13/h1-4,8,11,15H,5-7H2,(H2,14,18)(H,16,17). The molecule has 3 rings (SSSR count). The first-order chi connectivity index (χ1) is 9.22. The van der Waals surface area contributed by atoms with Crippen molar-refractivity contribution in [3.63, 3.8) is 0 Å². The van der Waals surface area contributed by atoms with Crippen molar-refractivity contribution in [2.75, 3.05) is 5.75 Å². The number of carbonyl (C=O) groups is 1. The quantitative estimate of drug-likeness (QED) is 0.694. The maximum absolute atomic E-state index is 11.4. The summed E-state index contributed by atoms with van der Waals surface area (Å²) in [7, 11) is 0. The lowest BCUT2D eigenvalue weighted by molar-refractivity contribution is -0.119. The number of carbonyl (C=O) groups excluding carboxylic acids is 1. The number of H-pyrrole nitrogens is 1. The SMILES string of the molecule is NC(=O)C(CSc1nc2ccccc2[nH]1)NC1CC1. The number of hydrogen-bond donors (Lipinski definition) is 3. The molecule has 2 aromatic rings. The normalized spacial score (nSPS) is 16.6. The molecule has 19 heavy (non-hydrogen) atoms. The topological polar surface area (TPSA) is 83.8 Å². The molecule has 1 heterocycles. The zero-order valence-corrected chi connectivity index (χ0v) is 11.2. The second kappa shape index (κ2) is 5.22. The highest BCUT2D eigenvalue weighted by Gasteiger charge is 2.27. The number of nitrogens with zero attached hydrogens (tertiary/aromatic N) is 1. The number of rotatable bonds is 6. The molecule has 1 saturated carbocycles. The van der Waals surface area contributed by atoms with Crippen molar-refractivity contribution < 1.29 is 4.79 Å². The van der Waals surface area contributed by atoms with E-state index in [4.69, 9.17) is 5.73 Å². The Bertz CT molecular complexity index is 560. The Morgan fingerprint density at radius 3 is 3.00 bits per heavy atom. The molecule has 1 fully saturated rings. The summed E-state index contributed by atoms with van der Waals surface area (Å²) in [4.78, 5) is 19.1. The molecule has 1 aromatic carbocycles. The average molecular weight is 276 g/mol. The van der Waals surface area contributed by atoms with Crippen LogP contribution in [-0.4, -0.2) is 33.7 Å². The number of amides is 1. The third kappa shape index (κ3) is 3.08. The molecule has 0 spiro atoms. The Morgan fingerprint density at radius 1 is 1.53 bits per heavy atom. The van der Waals surface area contributed by atoms with E-state index in [0.717, 1.165) is 29.0 Å². The summed E-state index contributed by atoms with van der Waals surface area (Å²) in [5, 5.41) is 4.08. The number of fused-ring (bicyclic) bond motifs is 1. The van der Waals surface area contributed by atoms with E-state index in [-0.39, 0.29) is 11.9 Å². The van der Waals surface area contributed by atoms with Crippen LogP contribution in [0.2, 0.25) is 0 Å². The fraction of sp³-hybridized carbons (Fsp3) is 0.385. The molecular formula is C13H16N4OS. The second-order valence-corrected chi connectivity index (χ2v) is 5.77. The Balaban J connectivity index is 1.64. The lowest BCUT2D eigenvalue weighted by Crippen LogP contribution is -2.44. The van der Waals surface area contributed by atoms with E-state index in [1.165, 1.54) is 11.8 Å². The summed E-state index contributed by atoms with van der Waals surface area (Å²) in [5.41, 5.74) is 7.36. The third-order valence-electron chi connectivity index (χ3n) is 3.11. The molecule has 1 aromatic heterocycles. The predicted octanol–water partition coefficient (Wildman–Crippen LogP) is 1.26. The van der Waals surface area contributed by atoms with E-state index in [9.17, 15) is 4.79 Å². The molecule has 5 nitrogen and oxygen atoms in total. The van der Waals surface area contributed by atoms with Gasteiger partial charge in [-0.15, -0.1) is 0 Å². The number of aromatic nitrogens is 2. The molecule has 6 heteroatoms. The van der Waals surface area contributed by atoms with Crippen LogP contribution in [-0.2, 0) is 4.79 Å². The van der Waals surface area contributed by atoms with E-state index in [2.05, 4.69) is 15.3 Å². The summed E-state index contributed by atoms with van der Waals surface area (Å²) in [6, 6.07) is 8.05. The smallest absolute Gasteiger partial charge is 0.235 e. The number of imidazole rings is 1. The Labute approximate surface area is 115 Å². The molecule has 0 aliphatic heterocycles. The number of thioether (sulfide) groups is 1. The van der Waals surface area contributed by atoms with Crippen LogP contribution in [0, 0.1) is 0 Å². The van der Waals surface area contributed by atoms with Crippen LogP contribution in [0.3, 0.4) is 0 Å². The molecular weight excluding hydrogens is 260 g/mol. The van der Waals surface area contributed by atoms with Crippen LogP contribution in [0.15, 0.2) is 29.4 Å². The van der Waals surface area contributed by atoms with Crippen LogP contribution in [0.1, 0.15) is 12.8 Å². The molecule has 0 radical (unpaired) electrons.